The molecular formula is C17H26NO5S2-. The number of ether oxygens (including phenoxy) is 1. The number of rotatable bonds is 7. The Kier molecular flexibility index (Phi) is 7.01. The van der Waals surface area contributed by atoms with E-state index >= 15 is 0 Å². The van der Waals surface area contributed by atoms with Crippen LogP contribution in [-0.2, 0) is 21.1 Å². The van der Waals surface area contributed by atoms with Gasteiger partial charge in [0.25, 0.3) is 0 Å². The van der Waals surface area contributed by atoms with Crippen molar-refractivity contribution < 1.29 is 21.9 Å². The Labute approximate surface area is 152 Å². The summed E-state index contributed by atoms with van der Waals surface area (Å²) in [5.74, 6) is 0.715. The minimum absolute atomic E-state index is 0.0744. The Bertz CT molecular complexity index is 710. The lowest BCUT2D eigenvalue weighted by Crippen LogP contribution is -2.44. The Morgan fingerprint density at radius 3 is 2.48 bits per heavy atom. The van der Waals surface area contributed by atoms with Crippen LogP contribution in [-0.4, -0.2) is 46.9 Å². The second-order valence-corrected chi connectivity index (χ2v) is 9.35. The van der Waals surface area contributed by atoms with E-state index in [2.05, 4.69) is 0 Å². The van der Waals surface area contributed by atoms with Gasteiger partial charge in [-0.1, -0.05) is 17.5 Å². The first-order chi connectivity index (χ1) is 11.8. The summed E-state index contributed by atoms with van der Waals surface area (Å²) in [4.78, 5) is 0.340. The van der Waals surface area contributed by atoms with E-state index in [1.807, 2.05) is 0 Å². The van der Waals surface area contributed by atoms with Crippen LogP contribution in [0.15, 0.2) is 17.0 Å². The molecule has 1 fully saturated rings. The highest BCUT2D eigenvalue weighted by molar-refractivity contribution is 7.89. The van der Waals surface area contributed by atoms with Gasteiger partial charge in [-0.2, -0.15) is 4.31 Å². The highest BCUT2D eigenvalue weighted by atomic mass is 32.2. The molecule has 0 amide bonds. The summed E-state index contributed by atoms with van der Waals surface area (Å²) in [5.41, 5.74) is 1.34. The van der Waals surface area contributed by atoms with E-state index < -0.39 is 21.1 Å². The Morgan fingerprint density at radius 2 is 1.92 bits per heavy atom. The third kappa shape index (κ3) is 4.81. The number of methoxy groups -OCH3 is 1. The van der Waals surface area contributed by atoms with E-state index in [9.17, 15) is 17.2 Å². The molecule has 2 atom stereocenters. The van der Waals surface area contributed by atoms with E-state index in [1.54, 1.807) is 37.4 Å². The zero-order chi connectivity index (χ0) is 18.6. The molecule has 2 rings (SSSR count). The third-order valence-corrected chi connectivity index (χ3v) is 7.54. The Morgan fingerprint density at radius 1 is 1.28 bits per heavy atom. The second-order valence-electron chi connectivity index (χ2n) is 6.51. The standard InChI is InChI=1S/C17H27NO5S2/c1-13-11-16(23-3)12-14(2)17(13)25(21,22)18-9-5-4-7-15(18)8-6-10-24(19)20/h11-12,15H,4-10H2,1-3H3,(H,19,20)/p-1. The number of hydrogen-bond acceptors (Lipinski definition) is 5. The molecular weight excluding hydrogens is 362 g/mol. The largest absolute Gasteiger partial charge is 0.772 e. The molecule has 1 saturated heterocycles. The first kappa shape index (κ1) is 20.4. The van der Waals surface area contributed by atoms with Crippen molar-refractivity contribution in [2.24, 2.45) is 0 Å². The summed E-state index contributed by atoms with van der Waals surface area (Å²) in [5, 5.41) is 0. The number of benzene rings is 1. The third-order valence-electron chi connectivity index (χ3n) is 4.66. The molecule has 2 unspecified atom stereocenters. The zero-order valence-electron chi connectivity index (χ0n) is 15.0. The van der Waals surface area contributed by atoms with Crippen LogP contribution in [0.4, 0.5) is 0 Å². The van der Waals surface area contributed by atoms with E-state index in [4.69, 9.17) is 4.74 Å². The monoisotopic (exact) mass is 388 g/mol. The van der Waals surface area contributed by atoms with E-state index in [0.29, 0.717) is 41.2 Å². The molecule has 25 heavy (non-hydrogen) atoms. The fourth-order valence-electron chi connectivity index (χ4n) is 3.57. The minimum atomic E-state index is -3.62. The molecule has 0 bridgehead atoms. The van der Waals surface area contributed by atoms with Gasteiger partial charge >= 0.3 is 0 Å². The van der Waals surface area contributed by atoms with Gasteiger partial charge < -0.3 is 9.29 Å². The van der Waals surface area contributed by atoms with Gasteiger partial charge in [-0.3, -0.25) is 4.21 Å². The van der Waals surface area contributed by atoms with Gasteiger partial charge in [0.05, 0.1) is 12.0 Å². The number of aryl methyl sites for hydroxylation is 2. The van der Waals surface area contributed by atoms with Crippen LogP contribution in [0.5, 0.6) is 5.75 Å². The lowest BCUT2D eigenvalue weighted by Gasteiger charge is -2.35. The van der Waals surface area contributed by atoms with Crippen molar-refractivity contribution in [2.75, 3.05) is 19.4 Å². The van der Waals surface area contributed by atoms with E-state index in [1.165, 1.54) is 0 Å². The first-order valence-corrected chi connectivity index (χ1v) is 11.2. The fourth-order valence-corrected chi connectivity index (χ4v) is 6.11. The Balaban J connectivity index is 2.31. The summed E-state index contributed by atoms with van der Waals surface area (Å²) in [6, 6.07) is 3.34. The quantitative estimate of drug-likeness (QED) is 0.670. The number of hydrogen-bond donors (Lipinski definition) is 0. The van der Waals surface area contributed by atoms with Crippen LogP contribution < -0.4 is 4.74 Å². The maximum atomic E-state index is 13.3. The highest BCUT2D eigenvalue weighted by Crippen LogP contribution is 2.32. The summed E-state index contributed by atoms with van der Waals surface area (Å²) in [7, 11) is -2.07. The van der Waals surface area contributed by atoms with Gasteiger partial charge in [0, 0.05) is 18.3 Å². The van der Waals surface area contributed by atoms with Crippen LogP contribution in [0.2, 0.25) is 0 Å². The van der Waals surface area contributed by atoms with Crippen molar-refractivity contribution in [1.82, 2.24) is 4.31 Å². The summed E-state index contributed by atoms with van der Waals surface area (Å²) in [6.45, 7) is 4.04. The van der Waals surface area contributed by atoms with E-state index in [-0.39, 0.29) is 11.8 Å². The fraction of sp³-hybridized carbons (Fsp3) is 0.647. The molecule has 142 valence electrons. The molecule has 1 aromatic carbocycles. The van der Waals surface area contributed by atoms with Crippen molar-refractivity contribution in [3.05, 3.63) is 23.3 Å². The second kappa shape index (κ2) is 8.62. The van der Waals surface area contributed by atoms with Crippen LogP contribution in [0.25, 0.3) is 0 Å². The number of sulfonamides is 1. The van der Waals surface area contributed by atoms with E-state index in [0.717, 1.165) is 19.3 Å². The number of piperidine rings is 1. The van der Waals surface area contributed by atoms with Crippen LogP contribution >= 0.6 is 0 Å². The smallest absolute Gasteiger partial charge is 0.243 e. The first-order valence-electron chi connectivity index (χ1n) is 8.50. The normalized spacial score (nSPS) is 20.4. The van der Waals surface area contributed by atoms with Crippen LogP contribution in [0, 0.1) is 13.8 Å². The van der Waals surface area contributed by atoms with Crippen molar-refractivity contribution >= 4 is 21.1 Å². The predicted molar refractivity (Wildman–Crippen MR) is 97.0 cm³/mol. The molecule has 1 aliphatic rings. The van der Waals surface area contributed by atoms with Crippen molar-refractivity contribution in [1.29, 1.82) is 0 Å². The van der Waals surface area contributed by atoms with Gasteiger partial charge in [-0.15, -0.1) is 0 Å². The van der Waals surface area contributed by atoms with Gasteiger partial charge in [0.15, 0.2) is 0 Å². The van der Waals surface area contributed by atoms with Gasteiger partial charge in [-0.05, 0) is 62.8 Å². The summed E-state index contributed by atoms with van der Waals surface area (Å²) < 4.78 is 54.9. The summed E-state index contributed by atoms with van der Waals surface area (Å²) in [6.07, 6.45) is 3.63. The van der Waals surface area contributed by atoms with Gasteiger partial charge in [-0.25, -0.2) is 8.42 Å². The van der Waals surface area contributed by atoms with Gasteiger partial charge in [0.2, 0.25) is 10.0 Å². The molecule has 1 aromatic rings. The van der Waals surface area contributed by atoms with Crippen LogP contribution in [0.3, 0.4) is 0 Å². The molecule has 6 nitrogen and oxygen atoms in total. The van der Waals surface area contributed by atoms with Gasteiger partial charge in [0.1, 0.15) is 5.75 Å². The lowest BCUT2D eigenvalue weighted by molar-refractivity contribution is 0.239. The molecule has 1 aliphatic heterocycles. The molecule has 0 aliphatic carbocycles. The molecule has 0 aromatic heterocycles. The molecule has 1 heterocycles. The van der Waals surface area contributed by atoms with Crippen molar-refractivity contribution in [3.63, 3.8) is 0 Å². The van der Waals surface area contributed by atoms with Crippen molar-refractivity contribution in [3.8, 4) is 5.75 Å². The molecule has 0 spiro atoms. The predicted octanol–water partition coefficient (Wildman–Crippen LogP) is 2.51. The lowest BCUT2D eigenvalue weighted by atomic mass is 10.0. The maximum absolute atomic E-state index is 13.3. The highest BCUT2D eigenvalue weighted by Gasteiger charge is 2.35. The molecule has 0 saturated carbocycles. The van der Waals surface area contributed by atoms with Crippen LogP contribution in [0.1, 0.15) is 43.2 Å². The molecule has 0 radical (unpaired) electrons. The average molecular weight is 389 g/mol. The zero-order valence-corrected chi connectivity index (χ0v) is 16.6. The minimum Gasteiger partial charge on any atom is -0.772 e. The maximum Gasteiger partial charge on any atom is 0.243 e. The van der Waals surface area contributed by atoms with Crippen molar-refractivity contribution in [2.45, 2.75) is 56.9 Å². The topological polar surface area (TPSA) is 86.7 Å². The summed E-state index contributed by atoms with van der Waals surface area (Å²) >= 11 is -2.08. The molecule has 0 N–H and O–H groups in total. The Hall–Kier alpha value is -0.960. The molecule has 8 heteroatoms. The number of nitrogens with zero attached hydrogens (tertiary/aromatic N) is 1. The SMILES string of the molecule is COc1cc(C)c(S(=O)(=O)N2CCCCC2CCCS(=O)[O-])c(C)c1. The average Bonchev–Trinajstić information content (AvgIpc) is 2.53.